The molecule has 0 saturated carbocycles. The van der Waals surface area contributed by atoms with Crippen LogP contribution in [0.2, 0.25) is 10.0 Å². The molecule has 0 N–H and O–H groups in total. The molecule has 7 heteroatoms. The zero-order chi connectivity index (χ0) is 21.1. The molecule has 0 bridgehead atoms. The van der Waals surface area contributed by atoms with Gasteiger partial charge in [-0.3, -0.25) is 0 Å². The largest absolute Gasteiger partial charge is 0.422 e. The van der Waals surface area contributed by atoms with Crippen LogP contribution in [-0.4, -0.2) is 17.8 Å². The SMILES string of the molecule is O=C1OC(c2cccc(Cl)c2)=N/C1=C\c1ccccc1OC(=O)c1ccc(Cl)cc1. The van der Waals surface area contributed by atoms with E-state index in [4.69, 9.17) is 32.7 Å². The third-order valence-corrected chi connectivity index (χ3v) is 4.67. The standard InChI is InChI=1S/C23H13Cl2NO4/c24-17-10-8-14(9-11-17)22(27)29-20-7-2-1-4-15(20)13-19-23(28)30-21(26-19)16-5-3-6-18(25)12-16/h1-13H/b19-13-. The van der Waals surface area contributed by atoms with E-state index in [1.807, 2.05) is 0 Å². The molecule has 5 nitrogen and oxygen atoms in total. The van der Waals surface area contributed by atoms with Crippen LogP contribution in [0.3, 0.4) is 0 Å². The van der Waals surface area contributed by atoms with Crippen LogP contribution in [-0.2, 0) is 9.53 Å². The van der Waals surface area contributed by atoms with Gasteiger partial charge < -0.3 is 9.47 Å². The summed E-state index contributed by atoms with van der Waals surface area (Å²) in [5.41, 5.74) is 1.52. The molecule has 1 heterocycles. The van der Waals surface area contributed by atoms with E-state index < -0.39 is 11.9 Å². The number of para-hydroxylation sites is 1. The van der Waals surface area contributed by atoms with Gasteiger partial charge in [-0.25, -0.2) is 14.6 Å². The molecule has 0 spiro atoms. The second-order valence-corrected chi connectivity index (χ2v) is 7.15. The van der Waals surface area contributed by atoms with E-state index in [1.54, 1.807) is 72.8 Å². The Morgan fingerprint density at radius 2 is 1.70 bits per heavy atom. The molecule has 148 valence electrons. The van der Waals surface area contributed by atoms with Crippen LogP contribution in [0, 0.1) is 0 Å². The molecular formula is C23H13Cl2NO4. The maximum atomic E-state index is 12.4. The number of carbonyl (C=O) groups excluding carboxylic acids is 2. The van der Waals surface area contributed by atoms with Gasteiger partial charge in [0.2, 0.25) is 5.90 Å². The summed E-state index contributed by atoms with van der Waals surface area (Å²) in [4.78, 5) is 29.0. The Hall–Kier alpha value is -3.41. The molecule has 4 rings (SSSR count). The minimum Gasteiger partial charge on any atom is -0.422 e. The van der Waals surface area contributed by atoms with Crippen LogP contribution in [0.4, 0.5) is 0 Å². The number of hydrogen-bond acceptors (Lipinski definition) is 5. The fourth-order valence-electron chi connectivity index (χ4n) is 2.74. The molecule has 0 fully saturated rings. The molecule has 0 amide bonds. The maximum absolute atomic E-state index is 12.4. The number of benzene rings is 3. The maximum Gasteiger partial charge on any atom is 0.363 e. The first-order valence-electron chi connectivity index (χ1n) is 8.85. The number of carbonyl (C=O) groups is 2. The quantitative estimate of drug-likeness (QED) is 0.304. The van der Waals surface area contributed by atoms with Crippen molar-refractivity contribution in [3.63, 3.8) is 0 Å². The Labute approximate surface area is 182 Å². The Bertz CT molecular complexity index is 1200. The fraction of sp³-hybridized carbons (Fsp3) is 0. The molecule has 0 atom stereocenters. The van der Waals surface area contributed by atoms with Crippen molar-refractivity contribution in [1.82, 2.24) is 0 Å². The smallest absolute Gasteiger partial charge is 0.363 e. The fourth-order valence-corrected chi connectivity index (χ4v) is 3.06. The van der Waals surface area contributed by atoms with Crippen molar-refractivity contribution in [2.75, 3.05) is 0 Å². The highest BCUT2D eigenvalue weighted by molar-refractivity contribution is 6.31. The van der Waals surface area contributed by atoms with Crippen LogP contribution < -0.4 is 4.74 Å². The van der Waals surface area contributed by atoms with Crippen LogP contribution in [0.25, 0.3) is 6.08 Å². The first-order valence-corrected chi connectivity index (χ1v) is 9.60. The second kappa shape index (κ2) is 8.53. The Kier molecular flexibility index (Phi) is 5.65. The number of rotatable bonds is 4. The zero-order valence-corrected chi connectivity index (χ0v) is 16.9. The molecule has 0 aliphatic carbocycles. The molecule has 0 aromatic heterocycles. The van der Waals surface area contributed by atoms with Crippen molar-refractivity contribution in [2.45, 2.75) is 0 Å². The molecule has 0 unspecified atom stereocenters. The summed E-state index contributed by atoms with van der Waals surface area (Å²) in [6.45, 7) is 0. The summed E-state index contributed by atoms with van der Waals surface area (Å²) in [5, 5.41) is 1.02. The van der Waals surface area contributed by atoms with Gasteiger partial charge in [0.05, 0.1) is 5.56 Å². The van der Waals surface area contributed by atoms with E-state index in [1.165, 1.54) is 6.08 Å². The number of halogens is 2. The molecule has 0 saturated heterocycles. The van der Waals surface area contributed by atoms with E-state index >= 15 is 0 Å². The van der Waals surface area contributed by atoms with Crippen LogP contribution in [0.15, 0.2) is 83.5 Å². The molecule has 1 aliphatic rings. The topological polar surface area (TPSA) is 65.0 Å². The van der Waals surface area contributed by atoms with Crippen molar-refractivity contribution in [1.29, 1.82) is 0 Å². The second-order valence-electron chi connectivity index (χ2n) is 6.28. The van der Waals surface area contributed by atoms with Crippen molar-refractivity contribution < 1.29 is 19.1 Å². The number of ether oxygens (including phenoxy) is 2. The predicted octanol–water partition coefficient (Wildman–Crippen LogP) is 5.56. The number of aliphatic imine (C=N–C) groups is 1. The first kappa shape index (κ1) is 19.9. The minimum absolute atomic E-state index is 0.0833. The summed E-state index contributed by atoms with van der Waals surface area (Å²) >= 11 is 11.8. The van der Waals surface area contributed by atoms with Crippen LogP contribution in [0.5, 0.6) is 5.75 Å². The van der Waals surface area contributed by atoms with Gasteiger partial charge in [0, 0.05) is 21.2 Å². The Morgan fingerprint density at radius 3 is 2.47 bits per heavy atom. The van der Waals surface area contributed by atoms with Gasteiger partial charge in [-0.15, -0.1) is 0 Å². The summed E-state index contributed by atoms with van der Waals surface area (Å²) in [7, 11) is 0. The summed E-state index contributed by atoms with van der Waals surface area (Å²) in [5.74, 6) is -0.716. The number of esters is 2. The summed E-state index contributed by atoms with van der Waals surface area (Å²) in [6, 6.07) is 20.0. The number of nitrogens with zero attached hydrogens (tertiary/aromatic N) is 1. The van der Waals surface area contributed by atoms with E-state index in [0.717, 1.165) is 0 Å². The number of hydrogen-bond donors (Lipinski definition) is 0. The van der Waals surface area contributed by atoms with Gasteiger partial charge in [-0.2, -0.15) is 0 Å². The third kappa shape index (κ3) is 4.43. The zero-order valence-electron chi connectivity index (χ0n) is 15.3. The molecule has 3 aromatic carbocycles. The highest BCUT2D eigenvalue weighted by atomic mass is 35.5. The van der Waals surface area contributed by atoms with Gasteiger partial charge in [0.25, 0.3) is 0 Å². The number of cyclic esters (lactones) is 1. The molecule has 30 heavy (non-hydrogen) atoms. The Morgan fingerprint density at radius 1 is 0.933 bits per heavy atom. The van der Waals surface area contributed by atoms with E-state index in [2.05, 4.69) is 4.99 Å². The van der Waals surface area contributed by atoms with Crippen molar-refractivity contribution in [3.8, 4) is 5.75 Å². The average Bonchev–Trinajstić information content (AvgIpc) is 3.10. The summed E-state index contributed by atoms with van der Waals surface area (Å²) < 4.78 is 10.8. The van der Waals surface area contributed by atoms with Crippen molar-refractivity contribution in [2.24, 2.45) is 4.99 Å². The first-order chi connectivity index (χ1) is 14.5. The highest BCUT2D eigenvalue weighted by Crippen LogP contribution is 2.26. The minimum atomic E-state index is -0.608. The lowest BCUT2D eigenvalue weighted by atomic mass is 10.1. The van der Waals surface area contributed by atoms with Gasteiger partial charge in [0.15, 0.2) is 5.70 Å². The molecule has 1 aliphatic heterocycles. The van der Waals surface area contributed by atoms with E-state index in [9.17, 15) is 9.59 Å². The average molecular weight is 438 g/mol. The van der Waals surface area contributed by atoms with Crippen molar-refractivity contribution in [3.05, 3.63) is 105 Å². The van der Waals surface area contributed by atoms with Gasteiger partial charge in [-0.1, -0.05) is 47.5 Å². The third-order valence-electron chi connectivity index (χ3n) is 4.19. The molecule has 3 aromatic rings. The van der Waals surface area contributed by atoms with Gasteiger partial charge in [0.1, 0.15) is 5.75 Å². The lowest BCUT2D eigenvalue weighted by molar-refractivity contribution is -0.129. The van der Waals surface area contributed by atoms with Gasteiger partial charge >= 0.3 is 11.9 Å². The van der Waals surface area contributed by atoms with Gasteiger partial charge in [-0.05, 0) is 54.6 Å². The van der Waals surface area contributed by atoms with E-state index in [-0.39, 0.29) is 17.3 Å². The van der Waals surface area contributed by atoms with Crippen molar-refractivity contribution >= 4 is 47.1 Å². The van der Waals surface area contributed by atoms with Crippen LogP contribution in [0.1, 0.15) is 21.5 Å². The van der Waals surface area contributed by atoms with Crippen LogP contribution >= 0.6 is 23.2 Å². The molecular weight excluding hydrogens is 425 g/mol. The van der Waals surface area contributed by atoms with E-state index in [0.29, 0.717) is 26.7 Å². The predicted molar refractivity (Wildman–Crippen MR) is 115 cm³/mol. The lowest BCUT2D eigenvalue weighted by Gasteiger charge is -2.07. The molecule has 0 radical (unpaired) electrons. The Balaban J connectivity index is 1.62. The monoisotopic (exact) mass is 437 g/mol. The normalized spacial score (nSPS) is 14.4. The highest BCUT2D eigenvalue weighted by Gasteiger charge is 2.25. The summed E-state index contributed by atoms with van der Waals surface area (Å²) in [6.07, 6.45) is 1.50. The lowest BCUT2D eigenvalue weighted by Crippen LogP contribution is -2.09.